The highest BCUT2D eigenvalue weighted by molar-refractivity contribution is 6.11. The van der Waals surface area contributed by atoms with Gasteiger partial charge in [0.05, 0.1) is 18.8 Å². The number of alkyl halides is 3. The van der Waals surface area contributed by atoms with Crippen molar-refractivity contribution in [3.8, 4) is 0 Å². The number of fused-ring (bicyclic) bond motifs is 2. The minimum atomic E-state index is -5.03. The molecule has 3 aromatic rings. The van der Waals surface area contributed by atoms with Crippen LogP contribution in [0.15, 0.2) is 36.5 Å². The molecule has 0 unspecified atom stereocenters. The van der Waals surface area contributed by atoms with Gasteiger partial charge in [-0.1, -0.05) is 12.1 Å². The van der Waals surface area contributed by atoms with Crippen LogP contribution >= 0.6 is 0 Å². The Morgan fingerprint density at radius 1 is 1.14 bits per heavy atom. The summed E-state index contributed by atoms with van der Waals surface area (Å²) in [5.74, 6) is -2.26. The number of aromatic nitrogens is 2. The van der Waals surface area contributed by atoms with E-state index in [1.165, 1.54) is 19.2 Å². The molecule has 1 aliphatic heterocycles. The minimum Gasteiger partial charge on any atom is -0.381 e. The van der Waals surface area contributed by atoms with Gasteiger partial charge < -0.3 is 20.4 Å². The summed E-state index contributed by atoms with van der Waals surface area (Å²) in [4.78, 5) is 44.3. The van der Waals surface area contributed by atoms with Gasteiger partial charge in [-0.05, 0) is 23.8 Å². The normalized spacial score (nSPS) is 21.0. The number of rotatable bonds is 6. The summed E-state index contributed by atoms with van der Waals surface area (Å²) in [5.41, 5.74) is 0.784. The maximum atomic E-state index is 13.1. The fraction of sp³-hybridized carbons (Fsp3) is 0.333. The lowest BCUT2D eigenvalue weighted by molar-refractivity contribution is -0.0884. The molecule has 3 heterocycles. The van der Waals surface area contributed by atoms with Crippen molar-refractivity contribution in [1.82, 2.24) is 20.6 Å². The van der Waals surface area contributed by atoms with Crippen LogP contribution in [0.1, 0.15) is 42.5 Å². The van der Waals surface area contributed by atoms with Crippen molar-refractivity contribution in [3.63, 3.8) is 0 Å². The number of aromatic amines is 1. The average molecular weight is 486 g/mol. The smallest absolute Gasteiger partial charge is 0.381 e. The van der Waals surface area contributed by atoms with Crippen molar-refractivity contribution in [2.24, 2.45) is 11.8 Å². The summed E-state index contributed by atoms with van der Waals surface area (Å²) < 4.78 is 44.8. The third-order valence-corrected chi connectivity index (χ3v) is 6.52. The summed E-state index contributed by atoms with van der Waals surface area (Å²) in [7, 11) is 1.43. The molecule has 35 heavy (non-hydrogen) atoms. The molecular weight excluding hydrogens is 465 g/mol. The van der Waals surface area contributed by atoms with Gasteiger partial charge in [-0.25, -0.2) is 4.98 Å². The maximum Gasteiger partial charge on any atom is 0.454 e. The molecule has 2 amide bonds. The SMILES string of the molecule is CNC(=O)c1cc(C(=O)N[C@H]2[C@@H]3COC[C@@H]32)cc(Cc2cccc3[nH]cc(C(=O)C(F)(F)F)c23)n1. The number of nitrogens with zero attached hydrogens (tertiary/aromatic N) is 1. The fourth-order valence-corrected chi connectivity index (χ4v) is 4.68. The molecule has 0 bridgehead atoms. The Morgan fingerprint density at radius 3 is 2.57 bits per heavy atom. The number of hydrogen-bond acceptors (Lipinski definition) is 5. The van der Waals surface area contributed by atoms with Crippen LogP contribution in [0.4, 0.5) is 13.2 Å². The third-order valence-electron chi connectivity index (χ3n) is 6.52. The standard InChI is InChI=1S/C24H21F3N4O4/c1-28-23(34)18-7-12(22(33)31-20-15-9-35-10-16(15)20)6-13(30-18)5-11-3-2-4-17-19(11)14(8-29-17)21(32)24(25,26)27/h2-4,6-8,15-16,20,29H,5,9-10H2,1H3,(H,28,34)(H,31,33)/t15-,16+,20+. The lowest BCUT2D eigenvalue weighted by Crippen LogP contribution is -2.30. The van der Waals surface area contributed by atoms with Crippen LogP contribution in [0.3, 0.4) is 0 Å². The summed E-state index contributed by atoms with van der Waals surface area (Å²) in [6, 6.07) is 7.69. The number of benzene rings is 1. The highest BCUT2D eigenvalue weighted by Gasteiger charge is 2.54. The number of amides is 2. The number of carbonyl (C=O) groups is 3. The molecule has 1 aliphatic carbocycles. The van der Waals surface area contributed by atoms with Crippen molar-refractivity contribution in [2.75, 3.05) is 20.3 Å². The van der Waals surface area contributed by atoms with Gasteiger partial charge in [0.15, 0.2) is 0 Å². The molecule has 2 aliphatic rings. The van der Waals surface area contributed by atoms with E-state index in [1.807, 2.05) is 0 Å². The Labute approximate surface area is 197 Å². The van der Waals surface area contributed by atoms with Gasteiger partial charge >= 0.3 is 6.18 Å². The number of ketones is 1. The summed E-state index contributed by atoms with van der Waals surface area (Å²) in [5, 5.41) is 5.55. The Balaban J connectivity index is 1.49. The van der Waals surface area contributed by atoms with Gasteiger partial charge in [-0.3, -0.25) is 14.4 Å². The molecular formula is C24H21F3N4O4. The van der Waals surface area contributed by atoms with E-state index < -0.39 is 23.4 Å². The van der Waals surface area contributed by atoms with E-state index in [0.29, 0.717) is 30.0 Å². The fourth-order valence-electron chi connectivity index (χ4n) is 4.68. The number of Topliss-reactive ketones (excluding diaryl/α,β-unsaturated/α-hetero) is 1. The van der Waals surface area contributed by atoms with Gasteiger partial charge in [0.25, 0.3) is 17.6 Å². The average Bonchev–Trinajstić information content (AvgIpc) is 3.19. The first-order valence-corrected chi connectivity index (χ1v) is 11.0. The third kappa shape index (κ3) is 4.27. The van der Waals surface area contributed by atoms with Crippen LogP contribution in [0.5, 0.6) is 0 Å². The molecule has 5 rings (SSSR count). The number of nitrogens with one attached hydrogen (secondary N) is 3. The number of H-pyrrole nitrogens is 1. The molecule has 2 aromatic heterocycles. The van der Waals surface area contributed by atoms with E-state index in [2.05, 4.69) is 20.6 Å². The molecule has 3 N–H and O–H groups in total. The molecule has 1 saturated carbocycles. The Hall–Kier alpha value is -3.73. The molecule has 3 atom stereocenters. The Morgan fingerprint density at radius 2 is 1.89 bits per heavy atom. The number of carbonyl (C=O) groups excluding carboxylic acids is 3. The van der Waals surface area contributed by atoms with Crippen LogP contribution in [0, 0.1) is 11.8 Å². The predicted molar refractivity (Wildman–Crippen MR) is 118 cm³/mol. The number of ether oxygens (including phenoxy) is 1. The zero-order chi connectivity index (χ0) is 24.9. The van der Waals surface area contributed by atoms with Crippen molar-refractivity contribution in [3.05, 3.63) is 64.6 Å². The van der Waals surface area contributed by atoms with E-state index >= 15 is 0 Å². The maximum absolute atomic E-state index is 13.1. The van der Waals surface area contributed by atoms with Crippen LogP contribution in [0.2, 0.25) is 0 Å². The van der Waals surface area contributed by atoms with Crippen molar-refractivity contribution in [1.29, 1.82) is 0 Å². The number of halogens is 3. The van der Waals surface area contributed by atoms with Crippen molar-refractivity contribution >= 4 is 28.5 Å². The second kappa shape index (κ2) is 8.49. The molecule has 2 fully saturated rings. The van der Waals surface area contributed by atoms with Crippen molar-refractivity contribution < 1.29 is 32.3 Å². The summed E-state index contributed by atoms with van der Waals surface area (Å²) in [6.45, 7) is 1.20. The first kappa shape index (κ1) is 23.0. The summed E-state index contributed by atoms with van der Waals surface area (Å²) >= 11 is 0. The van der Waals surface area contributed by atoms with E-state index in [0.717, 1.165) is 6.20 Å². The van der Waals surface area contributed by atoms with Crippen LogP contribution in [-0.2, 0) is 11.2 Å². The number of pyridine rings is 1. The zero-order valence-electron chi connectivity index (χ0n) is 18.5. The van der Waals surface area contributed by atoms with E-state index in [9.17, 15) is 27.6 Å². The molecule has 11 heteroatoms. The van der Waals surface area contributed by atoms with E-state index in [4.69, 9.17) is 4.74 Å². The van der Waals surface area contributed by atoms with Crippen LogP contribution in [0.25, 0.3) is 10.9 Å². The molecule has 1 aromatic carbocycles. The van der Waals surface area contributed by atoms with E-state index in [1.54, 1.807) is 18.2 Å². The monoisotopic (exact) mass is 486 g/mol. The summed E-state index contributed by atoms with van der Waals surface area (Å²) in [6.07, 6.45) is -3.99. The van der Waals surface area contributed by atoms with Gasteiger partial charge in [-0.2, -0.15) is 13.2 Å². The first-order valence-electron chi connectivity index (χ1n) is 11.0. The molecule has 0 radical (unpaired) electrons. The molecule has 0 spiro atoms. The second-order valence-corrected chi connectivity index (χ2v) is 8.72. The molecule has 8 nitrogen and oxygen atoms in total. The second-order valence-electron chi connectivity index (χ2n) is 8.72. The van der Waals surface area contributed by atoms with Gasteiger partial charge in [0, 0.05) is 59.7 Å². The van der Waals surface area contributed by atoms with Gasteiger partial charge in [-0.15, -0.1) is 0 Å². The highest BCUT2D eigenvalue weighted by Crippen LogP contribution is 2.44. The van der Waals surface area contributed by atoms with Gasteiger partial charge in [0.1, 0.15) is 5.69 Å². The lowest BCUT2D eigenvalue weighted by Gasteiger charge is -2.12. The Kier molecular flexibility index (Phi) is 5.59. The predicted octanol–water partition coefficient (Wildman–Crippen LogP) is 2.63. The minimum absolute atomic E-state index is 0.000956. The number of hydrogen-bond donors (Lipinski definition) is 3. The topological polar surface area (TPSA) is 113 Å². The first-order chi connectivity index (χ1) is 16.7. The lowest BCUT2D eigenvalue weighted by atomic mass is 9.99. The van der Waals surface area contributed by atoms with E-state index in [-0.39, 0.29) is 46.8 Å². The zero-order valence-corrected chi connectivity index (χ0v) is 18.5. The van der Waals surface area contributed by atoms with Crippen molar-refractivity contribution in [2.45, 2.75) is 18.6 Å². The highest BCUT2D eigenvalue weighted by atomic mass is 19.4. The Bertz CT molecular complexity index is 1340. The quantitative estimate of drug-likeness (QED) is 0.464. The molecule has 1 saturated heterocycles. The molecule has 182 valence electrons. The van der Waals surface area contributed by atoms with Gasteiger partial charge in [0.2, 0.25) is 0 Å². The van der Waals surface area contributed by atoms with Crippen LogP contribution in [-0.4, -0.2) is 60.0 Å². The largest absolute Gasteiger partial charge is 0.454 e. The van der Waals surface area contributed by atoms with Crippen LogP contribution < -0.4 is 10.6 Å².